The first-order valence-electron chi connectivity index (χ1n) is 13.5. The minimum Gasteiger partial charge on any atom is -0.481 e. The SMILES string of the molecule is CCCCCCCCCC(CCCCCCCCCCCC(=O)NCCCC(=O)O)=NC. The summed E-state index contributed by atoms with van der Waals surface area (Å²) in [4.78, 5) is 26.6. The molecule has 0 aromatic heterocycles. The van der Waals surface area contributed by atoms with E-state index in [2.05, 4.69) is 17.2 Å². The topological polar surface area (TPSA) is 78.8 Å². The maximum Gasteiger partial charge on any atom is 0.303 e. The third kappa shape index (κ3) is 23.3. The number of aliphatic imine (C=N–C) groups is 1. The average molecular weight is 453 g/mol. The molecule has 0 unspecified atom stereocenters. The lowest BCUT2D eigenvalue weighted by Gasteiger charge is -2.07. The minimum absolute atomic E-state index is 0.0531. The van der Waals surface area contributed by atoms with E-state index >= 15 is 0 Å². The number of carbonyl (C=O) groups is 2. The maximum absolute atomic E-state index is 11.6. The minimum atomic E-state index is -0.808. The van der Waals surface area contributed by atoms with Crippen LogP contribution in [0.3, 0.4) is 0 Å². The third-order valence-electron chi connectivity index (χ3n) is 6.14. The van der Waals surface area contributed by atoms with Gasteiger partial charge in [-0.2, -0.15) is 0 Å². The number of nitrogens with one attached hydrogen (secondary N) is 1. The molecule has 0 saturated carbocycles. The van der Waals surface area contributed by atoms with Gasteiger partial charge in [-0.15, -0.1) is 0 Å². The largest absolute Gasteiger partial charge is 0.481 e. The van der Waals surface area contributed by atoms with Crippen molar-refractivity contribution in [1.29, 1.82) is 0 Å². The number of nitrogens with zero attached hydrogens (tertiary/aromatic N) is 1. The number of hydrogen-bond donors (Lipinski definition) is 2. The van der Waals surface area contributed by atoms with Gasteiger partial charge >= 0.3 is 5.97 Å². The standard InChI is InChI=1S/C27H52N2O3/c1-3-4-5-6-10-13-16-20-25(28-2)21-17-14-11-8-7-9-12-15-18-22-26(30)29-24-19-23-27(31)32/h3-24H2,1-2H3,(H,29,30)(H,31,32). The highest BCUT2D eigenvalue weighted by Crippen LogP contribution is 2.14. The molecule has 32 heavy (non-hydrogen) atoms. The Morgan fingerprint density at radius 1 is 0.625 bits per heavy atom. The van der Waals surface area contributed by atoms with E-state index < -0.39 is 5.97 Å². The molecule has 0 aromatic rings. The maximum atomic E-state index is 11.6. The van der Waals surface area contributed by atoms with Crippen LogP contribution in [-0.2, 0) is 9.59 Å². The first kappa shape index (κ1) is 30.6. The third-order valence-corrected chi connectivity index (χ3v) is 6.14. The Labute approximate surface area is 198 Å². The molecule has 1 amide bonds. The van der Waals surface area contributed by atoms with Crippen molar-refractivity contribution in [2.75, 3.05) is 13.6 Å². The molecule has 0 fully saturated rings. The quantitative estimate of drug-likeness (QED) is 0.118. The predicted octanol–water partition coefficient (Wildman–Crippen LogP) is 7.47. The molecule has 2 N–H and O–H groups in total. The van der Waals surface area contributed by atoms with Crippen LogP contribution in [0.15, 0.2) is 4.99 Å². The van der Waals surface area contributed by atoms with Crippen LogP contribution in [0.5, 0.6) is 0 Å². The van der Waals surface area contributed by atoms with Crippen LogP contribution in [0.1, 0.15) is 142 Å². The van der Waals surface area contributed by atoms with Gasteiger partial charge in [0.15, 0.2) is 0 Å². The highest BCUT2D eigenvalue weighted by Gasteiger charge is 2.03. The second-order valence-electron chi connectivity index (χ2n) is 9.19. The van der Waals surface area contributed by atoms with Crippen LogP contribution in [0, 0.1) is 0 Å². The van der Waals surface area contributed by atoms with Crippen molar-refractivity contribution in [1.82, 2.24) is 5.32 Å². The van der Waals surface area contributed by atoms with Crippen molar-refractivity contribution in [2.45, 2.75) is 142 Å². The zero-order chi connectivity index (χ0) is 23.7. The van der Waals surface area contributed by atoms with Crippen LogP contribution in [0.4, 0.5) is 0 Å². The van der Waals surface area contributed by atoms with E-state index in [1.54, 1.807) is 0 Å². The highest BCUT2D eigenvalue weighted by atomic mass is 16.4. The highest BCUT2D eigenvalue weighted by molar-refractivity contribution is 5.84. The van der Waals surface area contributed by atoms with Gasteiger partial charge in [0.2, 0.25) is 5.91 Å². The van der Waals surface area contributed by atoms with Gasteiger partial charge in [0.1, 0.15) is 0 Å². The van der Waals surface area contributed by atoms with Crippen molar-refractivity contribution in [2.24, 2.45) is 4.99 Å². The van der Waals surface area contributed by atoms with Crippen LogP contribution >= 0.6 is 0 Å². The first-order chi connectivity index (χ1) is 15.6. The summed E-state index contributed by atoms with van der Waals surface area (Å²) in [6.07, 6.45) is 24.2. The van der Waals surface area contributed by atoms with Crippen LogP contribution in [0.25, 0.3) is 0 Å². The molecule has 0 aliphatic rings. The van der Waals surface area contributed by atoms with Crippen molar-refractivity contribution >= 4 is 17.6 Å². The van der Waals surface area contributed by atoms with Gasteiger partial charge in [-0.3, -0.25) is 14.6 Å². The van der Waals surface area contributed by atoms with Gasteiger partial charge in [-0.05, 0) is 38.5 Å². The average Bonchev–Trinajstić information content (AvgIpc) is 2.78. The Kier molecular flexibility index (Phi) is 23.2. The molecule has 0 atom stereocenters. The van der Waals surface area contributed by atoms with Gasteiger partial charge < -0.3 is 10.4 Å². The predicted molar refractivity (Wildman–Crippen MR) is 137 cm³/mol. The van der Waals surface area contributed by atoms with E-state index in [0.717, 1.165) is 12.8 Å². The molecule has 0 bridgehead atoms. The zero-order valence-corrected chi connectivity index (χ0v) is 21.3. The molecule has 0 saturated heterocycles. The number of amides is 1. The molecule has 0 spiro atoms. The van der Waals surface area contributed by atoms with Crippen molar-refractivity contribution in [3.05, 3.63) is 0 Å². The lowest BCUT2D eigenvalue weighted by atomic mass is 10.0. The smallest absolute Gasteiger partial charge is 0.303 e. The van der Waals surface area contributed by atoms with E-state index in [-0.39, 0.29) is 12.3 Å². The van der Waals surface area contributed by atoms with Gasteiger partial charge in [0, 0.05) is 32.1 Å². The van der Waals surface area contributed by atoms with E-state index in [4.69, 9.17) is 5.11 Å². The number of carboxylic acids is 1. The molecule has 0 rings (SSSR count). The lowest BCUT2D eigenvalue weighted by molar-refractivity contribution is -0.137. The molecule has 0 aliphatic heterocycles. The molecule has 0 aliphatic carbocycles. The summed E-state index contributed by atoms with van der Waals surface area (Å²) in [5.41, 5.74) is 1.42. The van der Waals surface area contributed by atoms with Gasteiger partial charge in [-0.25, -0.2) is 0 Å². The molecule has 5 nitrogen and oxygen atoms in total. The van der Waals surface area contributed by atoms with E-state index in [1.165, 1.54) is 108 Å². The Balaban J connectivity index is 3.36. The van der Waals surface area contributed by atoms with Crippen LogP contribution in [-0.4, -0.2) is 36.3 Å². The number of unbranched alkanes of at least 4 members (excludes halogenated alkanes) is 14. The van der Waals surface area contributed by atoms with Crippen molar-refractivity contribution in [3.8, 4) is 0 Å². The molecule has 0 heterocycles. The van der Waals surface area contributed by atoms with Gasteiger partial charge in [0.05, 0.1) is 0 Å². The molecular formula is C27H52N2O3. The van der Waals surface area contributed by atoms with Crippen LogP contribution < -0.4 is 5.32 Å². The summed E-state index contributed by atoms with van der Waals surface area (Å²) in [5.74, 6) is -0.755. The monoisotopic (exact) mass is 452 g/mol. The molecule has 5 heteroatoms. The molecule has 0 aromatic carbocycles. The van der Waals surface area contributed by atoms with Crippen molar-refractivity contribution in [3.63, 3.8) is 0 Å². The van der Waals surface area contributed by atoms with Crippen LogP contribution in [0.2, 0.25) is 0 Å². The lowest BCUT2D eigenvalue weighted by Crippen LogP contribution is -2.24. The summed E-state index contributed by atoms with van der Waals surface area (Å²) in [5, 5.41) is 11.4. The summed E-state index contributed by atoms with van der Waals surface area (Å²) >= 11 is 0. The summed E-state index contributed by atoms with van der Waals surface area (Å²) in [6, 6.07) is 0. The second-order valence-corrected chi connectivity index (χ2v) is 9.19. The number of carboxylic acid groups (broad SMARTS) is 1. The van der Waals surface area contributed by atoms with Gasteiger partial charge in [-0.1, -0.05) is 90.4 Å². The normalized spacial score (nSPS) is 11.6. The first-order valence-corrected chi connectivity index (χ1v) is 13.5. The van der Waals surface area contributed by atoms with Gasteiger partial charge in [0.25, 0.3) is 0 Å². The molecular weight excluding hydrogens is 400 g/mol. The molecule has 0 radical (unpaired) electrons. The Morgan fingerprint density at radius 3 is 1.50 bits per heavy atom. The Hall–Kier alpha value is -1.39. The number of rotatable bonds is 24. The number of carbonyl (C=O) groups excluding carboxylic acids is 1. The number of hydrogen-bond acceptors (Lipinski definition) is 3. The second kappa shape index (κ2) is 24.3. The Morgan fingerprint density at radius 2 is 1.06 bits per heavy atom. The van der Waals surface area contributed by atoms with E-state index in [1.807, 2.05) is 7.05 Å². The fourth-order valence-corrected chi connectivity index (χ4v) is 4.04. The van der Waals surface area contributed by atoms with E-state index in [0.29, 0.717) is 19.4 Å². The fourth-order valence-electron chi connectivity index (χ4n) is 4.04. The molecule has 188 valence electrons. The summed E-state index contributed by atoms with van der Waals surface area (Å²) < 4.78 is 0. The number of aliphatic carboxylic acids is 1. The van der Waals surface area contributed by atoms with E-state index in [9.17, 15) is 9.59 Å². The van der Waals surface area contributed by atoms with Crippen molar-refractivity contribution < 1.29 is 14.7 Å². The Bertz CT molecular complexity index is 478. The summed E-state index contributed by atoms with van der Waals surface area (Å²) in [6.45, 7) is 2.74. The zero-order valence-electron chi connectivity index (χ0n) is 21.3. The summed E-state index contributed by atoms with van der Waals surface area (Å²) in [7, 11) is 1.96. The fraction of sp³-hybridized carbons (Fsp3) is 0.889.